The number of methoxy groups -OCH3 is 1. The zero-order chi connectivity index (χ0) is 15.0. The minimum Gasteiger partial charge on any atom is -0.383 e. The summed E-state index contributed by atoms with van der Waals surface area (Å²) in [4.78, 5) is 3.92. The third-order valence-corrected chi connectivity index (χ3v) is 5.89. The lowest BCUT2D eigenvalue weighted by Crippen LogP contribution is -2.49. The maximum absolute atomic E-state index is 12.7. The van der Waals surface area contributed by atoms with Crippen molar-refractivity contribution in [2.75, 3.05) is 25.9 Å². The quantitative estimate of drug-likeness (QED) is 0.881. The second-order valence-electron chi connectivity index (χ2n) is 5.13. The number of nitrogen functional groups attached to an aromatic ring is 1. The van der Waals surface area contributed by atoms with Crippen molar-refractivity contribution >= 4 is 31.8 Å². The van der Waals surface area contributed by atoms with Crippen LogP contribution in [-0.2, 0) is 14.8 Å². The zero-order valence-corrected chi connectivity index (χ0v) is 13.9. The van der Waals surface area contributed by atoms with E-state index in [-0.39, 0.29) is 10.7 Å². The van der Waals surface area contributed by atoms with Crippen LogP contribution in [0.5, 0.6) is 0 Å². The minimum absolute atomic E-state index is 0.0119. The number of nitrogens with zero attached hydrogens (tertiary/aromatic N) is 2. The van der Waals surface area contributed by atoms with Crippen molar-refractivity contribution < 1.29 is 13.2 Å². The van der Waals surface area contributed by atoms with Gasteiger partial charge < -0.3 is 10.5 Å². The van der Waals surface area contributed by atoms with Gasteiger partial charge in [-0.05, 0) is 41.8 Å². The number of aromatic nitrogens is 1. The zero-order valence-electron chi connectivity index (χ0n) is 11.5. The number of hydrogen-bond acceptors (Lipinski definition) is 5. The van der Waals surface area contributed by atoms with Crippen molar-refractivity contribution in [1.29, 1.82) is 0 Å². The summed E-state index contributed by atoms with van der Waals surface area (Å²) >= 11 is 3.22. The summed E-state index contributed by atoms with van der Waals surface area (Å²) in [6.45, 7) is 2.70. The van der Waals surface area contributed by atoms with Crippen LogP contribution in [0.25, 0.3) is 0 Å². The Bertz CT molecular complexity index is 608. The lowest BCUT2D eigenvalue weighted by Gasteiger charge is -2.38. The molecule has 0 aliphatic carbocycles. The molecule has 0 spiro atoms. The average Bonchev–Trinajstić information content (AvgIpc) is 2.41. The van der Waals surface area contributed by atoms with Crippen LogP contribution in [0, 0.1) is 0 Å². The normalized spacial score (nSPS) is 24.8. The summed E-state index contributed by atoms with van der Waals surface area (Å²) < 4.78 is 32.8. The molecule has 1 atom stereocenters. The van der Waals surface area contributed by atoms with Crippen molar-refractivity contribution in [1.82, 2.24) is 9.29 Å². The summed E-state index contributed by atoms with van der Waals surface area (Å²) in [5.41, 5.74) is 5.25. The van der Waals surface area contributed by atoms with Crippen molar-refractivity contribution in [3.63, 3.8) is 0 Å². The highest BCUT2D eigenvalue weighted by Crippen LogP contribution is 2.30. The van der Waals surface area contributed by atoms with Crippen molar-refractivity contribution in [3.05, 3.63) is 16.7 Å². The Morgan fingerprint density at radius 3 is 2.90 bits per heavy atom. The lowest BCUT2D eigenvalue weighted by atomic mass is 9.96. The molecule has 1 saturated heterocycles. The first-order valence-electron chi connectivity index (χ1n) is 6.25. The van der Waals surface area contributed by atoms with Gasteiger partial charge in [-0.3, -0.25) is 0 Å². The molecule has 2 N–H and O–H groups in total. The van der Waals surface area contributed by atoms with Gasteiger partial charge in [-0.1, -0.05) is 0 Å². The number of halogens is 1. The largest absolute Gasteiger partial charge is 0.383 e. The molecule has 20 heavy (non-hydrogen) atoms. The first-order chi connectivity index (χ1) is 9.28. The fourth-order valence-corrected chi connectivity index (χ4v) is 4.48. The van der Waals surface area contributed by atoms with Crippen molar-refractivity contribution in [2.45, 2.75) is 30.3 Å². The van der Waals surface area contributed by atoms with Gasteiger partial charge in [-0.2, -0.15) is 4.31 Å². The predicted molar refractivity (Wildman–Crippen MR) is 79.8 cm³/mol. The van der Waals surface area contributed by atoms with E-state index in [4.69, 9.17) is 10.5 Å². The van der Waals surface area contributed by atoms with Gasteiger partial charge >= 0.3 is 0 Å². The Hall–Kier alpha value is -0.700. The highest BCUT2D eigenvalue weighted by atomic mass is 79.9. The Morgan fingerprint density at radius 2 is 2.25 bits per heavy atom. The monoisotopic (exact) mass is 363 g/mol. The number of pyridine rings is 1. The van der Waals surface area contributed by atoms with Crippen LogP contribution in [-0.4, -0.2) is 43.5 Å². The Morgan fingerprint density at radius 1 is 1.55 bits per heavy atom. The first-order valence-corrected chi connectivity index (χ1v) is 8.48. The fourth-order valence-electron chi connectivity index (χ4n) is 2.31. The smallest absolute Gasteiger partial charge is 0.246 e. The van der Waals surface area contributed by atoms with Crippen LogP contribution < -0.4 is 5.73 Å². The molecule has 1 fully saturated rings. The summed E-state index contributed by atoms with van der Waals surface area (Å²) in [6.07, 6.45) is 3.07. The second-order valence-corrected chi connectivity index (χ2v) is 7.96. The van der Waals surface area contributed by atoms with E-state index in [0.29, 0.717) is 17.6 Å². The molecule has 2 heterocycles. The van der Waals surface area contributed by atoms with Gasteiger partial charge in [0.2, 0.25) is 10.0 Å². The van der Waals surface area contributed by atoms with E-state index in [0.717, 1.165) is 12.8 Å². The first kappa shape index (κ1) is 15.7. The highest BCUT2D eigenvalue weighted by Gasteiger charge is 2.38. The van der Waals surface area contributed by atoms with E-state index in [1.165, 1.54) is 16.6 Å². The van der Waals surface area contributed by atoms with Crippen LogP contribution in [0.1, 0.15) is 19.8 Å². The fraction of sp³-hybridized carbons (Fsp3) is 0.583. The number of anilines is 1. The molecule has 0 bridgehead atoms. The maximum atomic E-state index is 12.7. The van der Waals surface area contributed by atoms with Gasteiger partial charge in [-0.15, -0.1) is 0 Å². The predicted octanol–water partition coefficient (Wildman–Crippen LogP) is 1.62. The number of ether oxygens (including phenoxy) is 1. The standard InChI is InChI=1S/C12H18BrN3O3S/c1-12(19-2)4-3-5-16(8-12)20(17,18)10-6-9(13)7-15-11(10)14/h6-7H,3-5,8H2,1-2H3,(H2,14,15). The number of sulfonamides is 1. The molecule has 1 unspecified atom stereocenters. The van der Waals surface area contributed by atoms with Crippen LogP contribution in [0.2, 0.25) is 0 Å². The molecule has 1 aromatic rings. The van der Waals surface area contributed by atoms with E-state index in [1.54, 1.807) is 7.11 Å². The Labute approximate surface area is 127 Å². The van der Waals surface area contributed by atoms with Gasteiger partial charge in [0.05, 0.1) is 5.60 Å². The van der Waals surface area contributed by atoms with E-state index in [9.17, 15) is 8.42 Å². The maximum Gasteiger partial charge on any atom is 0.246 e. The van der Waals surface area contributed by atoms with Gasteiger partial charge in [0, 0.05) is 30.9 Å². The molecule has 0 saturated carbocycles. The molecule has 112 valence electrons. The second kappa shape index (κ2) is 5.59. The molecule has 0 radical (unpaired) electrons. The van der Waals surface area contributed by atoms with Crippen molar-refractivity contribution in [2.24, 2.45) is 0 Å². The van der Waals surface area contributed by atoms with E-state index in [1.807, 2.05) is 6.92 Å². The summed E-state index contributed by atoms with van der Waals surface area (Å²) in [6, 6.07) is 1.48. The Kier molecular flexibility index (Phi) is 4.38. The van der Waals surface area contributed by atoms with E-state index >= 15 is 0 Å². The van der Waals surface area contributed by atoms with Gasteiger partial charge in [0.1, 0.15) is 10.7 Å². The molecule has 1 aliphatic heterocycles. The SMILES string of the molecule is COC1(C)CCCN(S(=O)(=O)c2cc(Br)cnc2N)C1. The summed E-state index contributed by atoms with van der Waals surface area (Å²) in [5.74, 6) is 0.0119. The molecule has 0 amide bonds. The third kappa shape index (κ3) is 2.98. The number of hydrogen-bond donors (Lipinski definition) is 1. The molecular formula is C12H18BrN3O3S. The van der Waals surface area contributed by atoms with Gasteiger partial charge in [-0.25, -0.2) is 13.4 Å². The summed E-state index contributed by atoms with van der Waals surface area (Å²) in [7, 11) is -2.06. The number of rotatable bonds is 3. The third-order valence-electron chi connectivity index (χ3n) is 3.58. The van der Waals surface area contributed by atoms with Crippen LogP contribution in [0.3, 0.4) is 0 Å². The summed E-state index contributed by atoms with van der Waals surface area (Å²) in [5, 5.41) is 0. The topological polar surface area (TPSA) is 85.5 Å². The average molecular weight is 364 g/mol. The molecule has 6 nitrogen and oxygen atoms in total. The minimum atomic E-state index is -3.66. The Balaban J connectivity index is 2.37. The van der Waals surface area contributed by atoms with E-state index in [2.05, 4.69) is 20.9 Å². The van der Waals surface area contributed by atoms with Crippen molar-refractivity contribution in [3.8, 4) is 0 Å². The van der Waals surface area contributed by atoms with Crippen LogP contribution in [0.4, 0.5) is 5.82 Å². The van der Waals surface area contributed by atoms with E-state index < -0.39 is 15.6 Å². The number of nitrogens with two attached hydrogens (primary N) is 1. The molecule has 1 aromatic heterocycles. The lowest BCUT2D eigenvalue weighted by molar-refractivity contribution is -0.0319. The van der Waals surface area contributed by atoms with Crippen LogP contribution >= 0.6 is 15.9 Å². The highest BCUT2D eigenvalue weighted by molar-refractivity contribution is 9.10. The molecule has 0 aromatic carbocycles. The molecular weight excluding hydrogens is 346 g/mol. The number of piperidine rings is 1. The van der Waals surface area contributed by atoms with Crippen LogP contribution in [0.15, 0.2) is 21.6 Å². The molecule has 1 aliphatic rings. The van der Waals surface area contributed by atoms with Gasteiger partial charge in [0.25, 0.3) is 0 Å². The molecule has 8 heteroatoms. The molecule has 2 rings (SSSR count). The van der Waals surface area contributed by atoms with Gasteiger partial charge in [0.15, 0.2) is 0 Å².